The third kappa shape index (κ3) is 3.75. The molecule has 0 fully saturated rings. The molecule has 23 heavy (non-hydrogen) atoms. The predicted octanol–water partition coefficient (Wildman–Crippen LogP) is 2.94. The van der Waals surface area contributed by atoms with Crippen LogP contribution in [0.3, 0.4) is 0 Å². The zero-order valence-electron chi connectivity index (χ0n) is 12.1. The van der Waals surface area contributed by atoms with Gasteiger partial charge in [0.1, 0.15) is 11.5 Å². The van der Waals surface area contributed by atoms with Gasteiger partial charge in [-0.3, -0.25) is 10.1 Å². The Morgan fingerprint density at radius 3 is 2.22 bits per heavy atom. The standard InChI is InChI=1S/C14H12FNO6S/c1-21-10-7-12(15)14(16(17)18)13(8-10)22-9-3-5-11(6-4-9)23(2,19)20/h3-8H,1-2H3. The van der Waals surface area contributed by atoms with Gasteiger partial charge in [0, 0.05) is 18.4 Å². The van der Waals surface area contributed by atoms with Crippen molar-refractivity contribution in [1.29, 1.82) is 0 Å². The van der Waals surface area contributed by atoms with Crippen molar-refractivity contribution in [2.75, 3.05) is 13.4 Å². The van der Waals surface area contributed by atoms with E-state index in [9.17, 15) is 22.9 Å². The molecule has 0 unspecified atom stereocenters. The summed E-state index contributed by atoms with van der Waals surface area (Å²) in [5, 5.41) is 11.0. The summed E-state index contributed by atoms with van der Waals surface area (Å²) < 4.78 is 46.7. The molecular weight excluding hydrogens is 329 g/mol. The van der Waals surface area contributed by atoms with E-state index in [-0.39, 0.29) is 22.1 Å². The van der Waals surface area contributed by atoms with Crippen LogP contribution >= 0.6 is 0 Å². The second-order valence-electron chi connectivity index (χ2n) is 4.56. The van der Waals surface area contributed by atoms with Crippen molar-refractivity contribution >= 4 is 15.5 Å². The number of halogens is 1. The molecule has 2 aromatic carbocycles. The van der Waals surface area contributed by atoms with E-state index in [0.717, 1.165) is 12.3 Å². The summed E-state index contributed by atoms with van der Waals surface area (Å²) in [4.78, 5) is 10.1. The number of hydrogen-bond acceptors (Lipinski definition) is 6. The van der Waals surface area contributed by atoms with E-state index in [0.29, 0.717) is 0 Å². The Morgan fingerprint density at radius 2 is 1.74 bits per heavy atom. The molecule has 0 aromatic heterocycles. The lowest BCUT2D eigenvalue weighted by Crippen LogP contribution is -1.99. The average molecular weight is 341 g/mol. The Morgan fingerprint density at radius 1 is 1.13 bits per heavy atom. The first-order valence-corrected chi connectivity index (χ1v) is 8.11. The van der Waals surface area contributed by atoms with E-state index < -0.39 is 26.3 Å². The molecule has 0 spiro atoms. The van der Waals surface area contributed by atoms with Crippen LogP contribution in [-0.4, -0.2) is 26.7 Å². The molecule has 0 amide bonds. The molecule has 0 aliphatic heterocycles. The fourth-order valence-electron chi connectivity index (χ4n) is 1.80. The van der Waals surface area contributed by atoms with E-state index in [1.807, 2.05) is 0 Å². The molecule has 122 valence electrons. The number of nitro groups is 1. The number of nitro benzene ring substituents is 1. The summed E-state index contributed by atoms with van der Waals surface area (Å²) in [6.45, 7) is 0. The maximum atomic E-state index is 13.8. The number of rotatable bonds is 5. The summed E-state index contributed by atoms with van der Waals surface area (Å²) >= 11 is 0. The molecule has 0 aliphatic carbocycles. The van der Waals surface area contributed by atoms with Crippen molar-refractivity contribution in [3.63, 3.8) is 0 Å². The van der Waals surface area contributed by atoms with Crippen LogP contribution in [0.25, 0.3) is 0 Å². The summed E-state index contributed by atoms with van der Waals surface area (Å²) in [5.41, 5.74) is -0.835. The number of benzene rings is 2. The van der Waals surface area contributed by atoms with Gasteiger partial charge in [0.25, 0.3) is 0 Å². The zero-order chi connectivity index (χ0) is 17.2. The summed E-state index contributed by atoms with van der Waals surface area (Å²) in [6, 6.07) is 7.25. The van der Waals surface area contributed by atoms with Crippen molar-refractivity contribution in [2.24, 2.45) is 0 Å². The molecule has 7 nitrogen and oxygen atoms in total. The number of sulfone groups is 1. The Labute approximate surface area is 131 Å². The van der Waals surface area contributed by atoms with Gasteiger partial charge in [0.2, 0.25) is 11.6 Å². The van der Waals surface area contributed by atoms with Crippen molar-refractivity contribution < 1.29 is 27.2 Å². The lowest BCUT2D eigenvalue weighted by molar-refractivity contribution is -0.388. The molecule has 0 saturated carbocycles. The molecule has 0 aliphatic rings. The molecule has 0 atom stereocenters. The second kappa shape index (κ2) is 6.21. The monoisotopic (exact) mass is 341 g/mol. The van der Waals surface area contributed by atoms with Crippen LogP contribution in [0.1, 0.15) is 0 Å². The third-order valence-corrected chi connectivity index (χ3v) is 4.03. The number of ether oxygens (including phenoxy) is 2. The van der Waals surface area contributed by atoms with E-state index in [1.165, 1.54) is 37.4 Å². The minimum atomic E-state index is -3.38. The highest BCUT2D eigenvalue weighted by Crippen LogP contribution is 2.37. The van der Waals surface area contributed by atoms with E-state index in [4.69, 9.17) is 9.47 Å². The van der Waals surface area contributed by atoms with Crippen LogP contribution in [0.15, 0.2) is 41.3 Å². The largest absolute Gasteiger partial charge is 0.497 e. The Kier molecular flexibility index (Phi) is 4.50. The van der Waals surface area contributed by atoms with Crippen LogP contribution < -0.4 is 9.47 Å². The predicted molar refractivity (Wildman–Crippen MR) is 79.2 cm³/mol. The van der Waals surface area contributed by atoms with Crippen molar-refractivity contribution in [2.45, 2.75) is 4.90 Å². The first-order valence-electron chi connectivity index (χ1n) is 6.22. The quantitative estimate of drug-likeness (QED) is 0.613. The van der Waals surface area contributed by atoms with Gasteiger partial charge in [-0.15, -0.1) is 0 Å². The van der Waals surface area contributed by atoms with Gasteiger partial charge in [0.05, 0.1) is 16.9 Å². The second-order valence-corrected chi connectivity index (χ2v) is 6.57. The van der Waals surface area contributed by atoms with Gasteiger partial charge in [-0.2, -0.15) is 4.39 Å². The van der Waals surface area contributed by atoms with Crippen molar-refractivity contribution in [1.82, 2.24) is 0 Å². The van der Waals surface area contributed by atoms with E-state index >= 15 is 0 Å². The van der Waals surface area contributed by atoms with Gasteiger partial charge in [-0.1, -0.05) is 0 Å². The highest BCUT2D eigenvalue weighted by molar-refractivity contribution is 7.90. The zero-order valence-corrected chi connectivity index (χ0v) is 13.0. The molecule has 0 saturated heterocycles. The van der Waals surface area contributed by atoms with Crippen LogP contribution in [0.4, 0.5) is 10.1 Å². The van der Waals surface area contributed by atoms with Crippen LogP contribution in [0, 0.1) is 15.9 Å². The molecule has 2 aromatic rings. The SMILES string of the molecule is COc1cc(F)c([N+](=O)[O-])c(Oc2ccc(S(C)(=O)=O)cc2)c1. The summed E-state index contributed by atoms with van der Waals surface area (Å²) in [7, 11) is -2.09. The molecule has 0 radical (unpaired) electrons. The third-order valence-electron chi connectivity index (χ3n) is 2.90. The molecule has 9 heteroatoms. The minimum absolute atomic E-state index is 0.0517. The number of hydrogen-bond donors (Lipinski definition) is 0. The lowest BCUT2D eigenvalue weighted by Gasteiger charge is -2.09. The molecule has 0 heterocycles. The highest BCUT2D eigenvalue weighted by atomic mass is 32.2. The Bertz CT molecular complexity index is 848. The molecule has 0 N–H and O–H groups in total. The molecule has 2 rings (SSSR count). The van der Waals surface area contributed by atoms with Gasteiger partial charge in [0.15, 0.2) is 9.84 Å². The topological polar surface area (TPSA) is 95.7 Å². The maximum absolute atomic E-state index is 13.8. The molecular formula is C14H12FNO6S. The van der Waals surface area contributed by atoms with Crippen molar-refractivity contribution in [3.05, 3.63) is 52.3 Å². The lowest BCUT2D eigenvalue weighted by atomic mass is 10.2. The first kappa shape index (κ1) is 16.7. The molecule has 0 bridgehead atoms. The van der Waals surface area contributed by atoms with E-state index in [1.54, 1.807) is 0 Å². The fraction of sp³-hybridized carbons (Fsp3) is 0.143. The van der Waals surface area contributed by atoms with Crippen molar-refractivity contribution in [3.8, 4) is 17.2 Å². The van der Waals surface area contributed by atoms with Crippen LogP contribution in [0.5, 0.6) is 17.2 Å². The van der Waals surface area contributed by atoms with Gasteiger partial charge in [-0.05, 0) is 24.3 Å². The normalized spacial score (nSPS) is 11.1. The summed E-state index contributed by atoms with van der Waals surface area (Å²) in [6.07, 6.45) is 1.05. The maximum Gasteiger partial charge on any atom is 0.347 e. The van der Waals surface area contributed by atoms with Gasteiger partial charge >= 0.3 is 5.69 Å². The smallest absolute Gasteiger partial charge is 0.347 e. The highest BCUT2D eigenvalue weighted by Gasteiger charge is 2.24. The fourth-order valence-corrected chi connectivity index (χ4v) is 2.44. The van der Waals surface area contributed by atoms with E-state index in [2.05, 4.69) is 0 Å². The Balaban J connectivity index is 2.43. The number of methoxy groups -OCH3 is 1. The number of nitrogens with zero attached hydrogens (tertiary/aromatic N) is 1. The first-order chi connectivity index (χ1) is 10.7. The van der Waals surface area contributed by atoms with Gasteiger partial charge in [-0.25, -0.2) is 8.42 Å². The average Bonchev–Trinajstić information content (AvgIpc) is 2.45. The van der Waals surface area contributed by atoms with Gasteiger partial charge < -0.3 is 9.47 Å². The van der Waals surface area contributed by atoms with Crippen LogP contribution in [0.2, 0.25) is 0 Å². The summed E-state index contributed by atoms with van der Waals surface area (Å²) in [5.74, 6) is -1.28. The van der Waals surface area contributed by atoms with Crippen LogP contribution in [-0.2, 0) is 9.84 Å². The minimum Gasteiger partial charge on any atom is -0.497 e. The Hall–Kier alpha value is -2.68.